The van der Waals surface area contributed by atoms with Gasteiger partial charge in [0.1, 0.15) is 11.6 Å². The van der Waals surface area contributed by atoms with Gasteiger partial charge in [0.05, 0.1) is 5.41 Å². The lowest BCUT2D eigenvalue weighted by molar-refractivity contribution is -0.152. The minimum atomic E-state index is -0.893. The van der Waals surface area contributed by atoms with Crippen molar-refractivity contribution in [3.8, 4) is 0 Å². The van der Waals surface area contributed by atoms with Crippen molar-refractivity contribution in [1.82, 2.24) is 0 Å². The van der Waals surface area contributed by atoms with Crippen molar-refractivity contribution in [1.29, 1.82) is 0 Å². The second kappa shape index (κ2) is 5.15. The van der Waals surface area contributed by atoms with E-state index in [2.05, 4.69) is 13.8 Å². The number of hydrogen-bond donors (Lipinski definition) is 1. The van der Waals surface area contributed by atoms with Gasteiger partial charge in [-0.15, -0.1) is 0 Å². The van der Waals surface area contributed by atoms with Gasteiger partial charge >= 0.3 is 5.97 Å². The molecule has 0 bridgehead atoms. The van der Waals surface area contributed by atoms with E-state index in [1.807, 2.05) is 0 Å². The molecule has 0 radical (unpaired) electrons. The Kier molecular flexibility index (Phi) is 3.85. The largest absolute Gasteiger partial charge is 0.481 e. The van der Waals surface area contributed by atoms with E-state index in [9.17, 15) is 18.7 Å². The highest BCUT2D eigenvalue weighted by Gasteiger charge is 2.44. The molecule has 1 aliphatic rings. The predicted octanol–water partition coefficient (Wildman–Crippen LogP) is 4.18. The van der Waals surface area contributed by atoms with E-state index in [-0.39, 0.29) is 11.8 Å². The topological polar surface area (TPSA) is 37.3 Å². The number of carbonyl (C=O) groups is 1. The van der Waals surface area contributed by atoms with Crippen LogP contribution in [0.5, 0.6) is 0 Å². The van der Waals surface area contributed by atoms with Gasteiger partial charge in [0.15, 0.2) is 0 Å². The van der Waals surface area contributed by atoms with Crippen molar-refractivity contribution < 1.29 is 18.7 Å². The Morgan fingerprint density at radius 3 is 2.05 bits per heavy atom. The molecule has 1 fully saturated rings. The first-order valence-electron chi connectivity index (χ1n) is 6.91. The lowest BCUT2D eigenvalue weighted by Crippen LogP contribution is -2.39. The minimum Gasteiger partial charge on any atom is -0.481 e. The van der Waals surface area contributed by atoms with Crippen LogP contribution in [-0.4, -0.2) is 11.1 Å². The molecule has 4 heteroatoms. The van der Waals surface area contributed by atoms with Crippen LogP contribution in [0.15, 0.2) is 18.2 Å². The van der Waals surface area contributed by atoms with Crippen LogP contribution in [-0.2, 0) is 11.2 Å². The van der Waals surface area contributed by atoms with Crippen LogP contribution in [0.25, 0.3) is 0 Å². The zero-order valence-corrected chi connectivity index (χ0v) is 11.9. The van der Waals surface area contributed by atoms with Crippen molar-refractivity contribution >= 4 is 5.97 Å². The maximum Gasteiger partial charge on any atom is 0.309 e. The monoisotopic (exact) mass is 282 g/mol. The highest BCUT2D eigenvalue weighted by atomic mass is 19.1. The Labute approximate surface area is 117 Å². The molecule has 0 amide bonds. The third kappa shape index (κ3) is 3.17. The molecule has 1 aromatic rings. The van der Waals surface area contributed by atoms with Crippen molar-refractivity contribution in [2.24, 2.45) is 10.8 Å². The Morgan fingerprint density at radius 1 is 1.10 bits per heavy atom. The number of carboxylic acid groups (broad SMARTS) is 1. The molecule has 2 rings (SSSR count). The molecule has 0 heterocycles. The maximum atomic E-state index is 13.2. The Morgan fingerprint density at radius 2 is 1.60 bits per heavy atom. The third-order valence-corrected chi connectivity index (χ3v) is 4.48. The normalized spacial score (nSPS) is 20.6. The molecule has 1 aromatic carbocycles. The second-order valence-electron chi connectivity index (χ2n) is 6.70. The third-order valence-electron chi connectivity index (χ3n) is 4.48. The van der Waals surface area contributed by atoms with E-state index in [1.54, 1.807) is 0 Å². The fourth-order valence-electron chi connectivity index (χ4n) is 2.98. The zero-order valence-electron chi connectivity index (χ0n) is 11.9. The standard InChI is InChI=1S/C16H20F2O2/c1-15(2)3-5-16(6-4-15,14(19)20)10-11-7-12(17)9-13(18)8-11/h7-9H,3-6,10H2,1-2H3,(H,19,20). The van der Waals surface area contributed by atoms with Crippen LogP contribution in [0.1, 0.15) is 45.1 Å². The lowest BCUT2D eigenvalue weighted by atomic mass is 9.63. The summed E-state index contributed by atoms with van der Waals surface area (Å²) in [6.07, 6.45) is 2.92. The summed E-state index contributed by atoms with van der Waals surface area (Å²) in [5.74, 6) is -2.17. The van der Waals surface area contributed by atoms with E-state index in [1.165, 1.54) is 12.1 Å². The predicted molar refractivity (Wildman–Crippen MR) is 72.4 cm³/mol. The molecule has 2 nitrogen and oxygen atoms in total. The molecule has 0 saturated heterocycles. The molecule has 0 atom stereocenters. The Bertz CT molecular complexity index is 493. The smallest absolute Gasteiger partial charge is 0.309 e. The van der Waals surface area contributed by atoms with E-state index in [4.69, 9.17) is 0 Å². The van der Waals surface area contributed by atoms with Crippen LogP contribution >= 0.6 is 0 Å². The van der Waals surface area contributed by atoms with Crippen molar-refractivity contribution in [2.45, 2.75) is 46.0 Å². The fraction of sp³-hybridized carbons (Fsp3) is 0.562. The molecular formula is C16H20F2O2. The summed E-state index contributed by atoms with van der Waals surface area (Å²) >= 11 is 0. The van der Waals surface area contributed by atoms with Gasteiger partial charge in [-0.05, 0) is 55.2 Å². The number of benzene rings is 1. The van der Waals surface area contributed by atoms with Gasteiger partial charge in [-0.1, -0.05) is 13.8 Å². The average Bonchev–Trinajstić information content (AvgIpc) is 2.30. The van der Waals surface area contributed by atoms with Gasteiger partial charge in [0.2, 0.25) is 0 Å². The first-order chi connectivity index (χ1) is 9.22. The van der Waals surface area contributed by atoms with Crippen LogP contribution in [0, 0.1) is 22.5 Å². The van der Waals surface area contributed by atoms with E-state index >= 15 is 0 Å². The van der Waals surface area contributed by atoms with Crippen molar-refractivity contribution in [2.75, 3.05) is 0 Å². The summed E-state index contributed by atoms with van der Waals surface area (Å²) < 4.78 is 26.5. The van der Waals surface area contributed by atoms with Crippen LogP contribution in [0.2, 0.25) is 0 Å². The molecule has 1 saturated carbocycles. The summed E-state index contributed by atoms with van der Waals surface area (Å²) in [6.45, 7) is 4.25. The summed E-state index contributed by atoms with van der Waals surface area (Å²) in [7, 11) is 0. The average molecular weight is 282 g/mol. The van der Waals surface area contributed by atoms with Gasteiger partial charge < -0.3 is 5.11 Å². The van der Waals surface area contributed by atoms with Gasteiger partial charge in [-0.25, -0.2) is 8.78 Å². The molecule has 0 aromatic heterocycles. The quantitative estimate of drug-likeness (QED) is 0.903. The lowest BCUT2D eigenvalue weighted by Gasteiger charge is -2.41. The number of carboxylic acids is 1. The first-order valence-corrected chi connectivity index (χ1v) is 6.91. The van der Waals surface area contributed by atoms with Gasteiger partial charge in [-0.3, -0.25) is 4.79 Å². The van der Waals surface area contributed by atoms with Crippen molar-refractivity contribution in [3.63, 3.8) is 0 Å². The summed E-state index contributed by atoms with van der Waals surface area (Å²) in [6, 6.07) is 3.27. The van der Waals surface area contributed by atoms with Crippen LogP contribution in [0.4, 0.5) is 8.78 Å². The number of hydrogen-bond acceptors (Lipinski definition) is 1. The Balaban J connectivity index is 2.24. The molecular weight excluding hydrogens is 262 g/mol. The highest BCUT2D eigenvalue weighted by Crippen LogP contribution is 2.47. The van der Waals surface area contributed by atoms with Gasteiger partial charge in [-0.2, -0.15) is 0 Å². The highest BCUT2D eigenvalue weighted by molar-refractivity contribution is 5.75. The van der Waals surface area contributed by atoms with E-state index in [0.29, 0.717) is 18.4 Å². The molecule has 1 aliphatic carbocycles. The Hall–Kier alpha value is -1.45. The van der Waals surface area contributed by atoms with Crippen LogP contribution in [0.3, 0.4) is 0 Å². The molecule has 0 unspecified atom stereocenters. The fourth-order valence-corrected chi connectivity index (χ4v) is 2.98. The van der Waals surface area contributed by atoms with Crippen LogP contribution < -0.4 is 0 Å². The maximum absolute atomic E-state index is 13.2. The molecule has 0 aliphatic heterocycles. The molecule has 0 spiro atoms. The number of rotatable bonds is 3. The summed E-state index contributed by atoms with van der Waals surface area (Å²) in [4.78, 5) is 11.7. The van der Waals surface area contributed by atoms with Crippen molar-refractivity contribution in [3.05, 3.63) is 35.4 Å². The molecule has 1 N–H and O–H groups in total. The van der Waals surface area contributed by atoms with Gasteiger partial charge in [0, 0.05) is 6.07 Å². The first kappa shape index (κ1) is 14.9. The SMILES string of the molecule is CC1(C)CCC(Cc2cc(F)cc(F)c2)(C(=O)O)CC1. The number of halogens is 2. The number of aliphatic carboxylic acids is 1. The zero-order chi connectivity index (χ0) is 15.0. The van der Waals surface area contributed by atoms with Gasteiger partial charge in [0.25, 0.3) is 0 Å². The van der Waals surface area contributed by atoms with E-state index < -0.39 is 23.0 Å². The second-order valence-corrected chi connectivity index (χ2v) is 6.70. The molecule has 20 heavy (non-hydrogen) atoms. The minimum absolute atomic E-state index is 0.145. The van der Waals surface area contributed by atoms with E-state index in [0.717, 1.165) is 18.9 Å². The summed E-state index contributed by atoms with van der Waals surface area (Å²) in [5, 5.41) is 9.57. The summed E-state index contributed by atoms with van der Waals surface area (Å²) in [5.41, 5.74) is -0.327. The molecule has 110 valence electrons.